The van der Waals surface area contributed by atoms with E-state index in [1.54, 1.807) is 25.6 Å². The Morgan fingerprint density at radius 2 is 2.58 bits per heavy atom. The quantitative estimate of drug-likeness (QED) is 0.730. The van der Waals surface area contributed by atoms with Crippen molar-refractivity contribution in [1.82, 2.24) is 4.98 Å². The van der Waals surface area contributed by atoms with Gasteiger partial charge in [0.2, 0.25) is 0 Å². The van der Waals surface area contributed by atoms with Gasteiger partial charge in [-0.15, -0.1) is 0 Å². The number of rotatable bonds is 4. The lowest BCUT2D eigenvalue weighted by Gasteiger charge is -2.12. The maximum absolute atomic E-state index is 4.98. The lowest BCUT2D eigenvalue weighted by molar-refractivity contribution is 0.190. The van der Waals surface area contributed by atoms with Crippen molar-refractivity contribution in [3.63, 3.8) is 0 Å². The number of pyridine rings is 1. The Labute approximate surface area is 72.8 Å². The molecule has 0 aliphatic heterocycles. The van der Waals surface area contributed by atoms with E-state index in [1.165, 1.54) is 0 Å². The Morgan fingerprint density at radius 3 is 3.17 bits per heavy atom. The third kappa shape index (κ3) is 2.88. The monoisotopic (exact) mass is 165 g/mol. The number of ether oxygens (including phenoxy) is 1. The first-order chi connectivity index (χ1) is 5.83. The lowest BCUT2D eigenvalue weighted by Crippen LogP contribution is -2.20. The van der Waals surface area contributed by atoms with Gasteiger partial charge in [-0.05, 0) is 13.0 Å². The summed E-state index contributed by atoms with van der Waals surface area (Å²) < 4.78 is 4.98. The minimum absolute atomic E-state index is 0.287. The molecule has 65 valence electrons. The molecule has 0 aliphatic carbocycles. The van der Waals surface area contributed by atoms with E-state index < -0.39 is 0 Å². The van der Waals surface area contributed by atoms with Crippen molar-refractivity contribution < 1.29 is 4.74 Å². The van der Waals surface area contributed by atoms with Crippen molar-refractivity contribution >= 4 is 5.69 Å². The summed E-state index contributed by atoms with van der Waals surface area (Å²) >= 11 is 0. The molecular formula is C9H13N2O. The molecular weight excluding hydrogens is 152 g/mol. The summed E-state index contributed by atoms with van der Waals surface area (Å²) in [6.45, 7) is 2.73. The van der Waals surface area contributed by atoms with Gasteiger partial charge < -0.3 is 10.1 Å². The maximum atomic E-state index is 4.98. The van der Waals surface area contributed by atoms with E-state index in [0.29, 0.717) is 6.61 Å². The zero-order valence-corrected chi connectivity index (χ0v) is 7.37. The highest BCUT2D eigenvalue weighted by molar-refractivity contribution is 5.39. The molecule has 1 rings (SSSR count). The Kier molecular flexibility index (Phi) is 3.54. The molecule has 1 aromatic rings. The van der Waals surface area contributed by atoms with E-state index in [-0.39, 0.29) is 6.04 Å². The Bertz CT molecular complexity index is 213. The van der Waals surface area contributed by atoms with Crippen molar-refractivity contribution in [1.29, 1.82) is 0 Å². The Hall–Kier alpha value is -1.09. The molecule has 0 aliphatic rings. The van der Waals surface area contributed by atoms with Gasteiger partial charge in [-0.25, -0.2) is 0 Å². The molecule has 1 N–H and O–H groups in total. The Balaban J connectivity index is 2.41. The predicted octanol–water partition coefficient (Wildman–Crippen LogP) is 1.33. The highest BCUT2D eigenvalue weighted by Crippen LogP contribution is 2.03. The first-order valence-corrected chi connectivity index (χ1v) is 3.90. The molecule has 0 fully saturated rings. The van der Waals surface area contributed by atoms with Gasteiger partial charge >= 0.3 is 0 Å². The van der Waals surface area contributed by atoms with Crippen LogP contribution in [0, 0.1) is 6.07 Å². The van der Waals surface area contributed by atoms with Crippen molar-refractivity contribution in [3.8, 4) is 0 Å². The molecule has 3 heteroatoms. The second-order valence-corrected chi connectivity index (χ2v) is 2.65. The SMILES string of the molecule is COCC(C)Nc1[c]ccnc1. The molecule has 0 saturated heterocycles. The fourth-order valence-electron chi connectivity index (χ4n) is 0.961. The van der Waals surface area contributed by atoms with Crippen molar-refractivity contribution in [2.24, 2.45) is 0 Å². The molecule has 0 spiro atoms. The number of methoxy groups -OCH3 is 1. The van der Waals surface area contributed by atoms with Crippen LogP contribution in [0.4, 0.5) is 5.69 Å². The zero-order chi connectivity index (χ0) is 8.81. The molecule has 3 nitrogen and oxygen atoms in total. The Morgan fingerprint density at radius 1 is 1.75 bits per heavy atom. The highest BCUT2D eigenvalue weighted by atomic mass is 16.5. The lowest BCUT2D eigenvalue weighted by atomic mass is 10.3. The van der Waals surface area contributed by atoms with E-state index >= 15 is 0 Å². The van der Waals surface area contributed by atoms with Crippen LogP contribution in [0.3, 0.4) is 0 Å². The summed E-state index contributed by atoms with van der Waals surface area (Å²) in [6, 6.07) is 5.10. The molecule has 0 bridgehead atoms. The molecule has 1 heterocycles. The van der Waals surface area contributed by atoms with Crippen LogP contribution in [-0.2, 0) is 4.74 Å². The molecule has 1 atom stereocenters. The average Bonchev–Trinajstić information content (AvgIpc) is 2.06. The van der Waals surface area contributed by atoms with Crippen LogP contribution in [0.5, 0.6) is 0 Å². The smallest absolute Gasteiger partial charge is 0.0661 e. The van der Waals surface area contributed by atoms with Crippen LogP contribution in [0.1, 0.15) is 6.92 Å². The molecule has 1 unspecified atom stereocenters. The highest BCUT2D eigenvalue weighted by Gasteiger charge is 1.99. The van der Waals surface area contributed by atoms with Crippen LogP contribution in [0.2, 0.25) is 0 Å². The van der Waals surface area contributed by atoms with Crippen LogP contribution >= 0.6 is 0 Å². The number of nitrogens with zero attached hydrogens (tertiary/aromatic N) is 1. The normalized spacial score (nSPS) is 12.5. The largest absolute Gasteiger partial charge is 0.383 e. The zero-order valence-electron chi connectivity index (χ0n) is 7.37. The van der Waals surface area contributed by atoms with Gasteiger partial charge in [0, 0.05) is 25.4 Å². The topological polar surface area (TPSA) is 34.1 Å². The summed E-state index contributed by atoms with van der Waals surface area (Å²) in [5.41, 5.74) is 0.905. The van der Waals surface area contributed by atoms with Gasteiger partial charge in [0.1, 0.15) is 0 Å². The summed E-state index contributed by atoms with van der Waals surface area (Å²) in [5, 5.41) is 3.20. The minimum atomic E-state index is 0.287. The van der Waals surface area contributed by atoms with Crippen molar-refractivity contribution in [3.05, 3.63) is 24.5 Å². The van der Waals surface area contributed by atoms with Crippen LogP contribution in [0.15, 0.2) is 18.5 Å². The summed E-state index contributed by atoms with van der Waals surface area (Å²) in [7, 11) is 1.69. The molecule has 1 radical (unpaired) electrons. The number of hydrogen-bond donors (Lipinski definition) is 1. The summed E-state index contributed by atoms with van der Waals surface area (Å²) in [4.78, 5) is 3.96. The molecule has 0 amide bonds. The third-order valence-corrected chi connectivity index (χ3v) is 1.42. The van der Waals surface area contributed by atoms with Gasteiger partial charge in [0.15, 0.2) is 0 Å². The standard InChI is InChI=1S/C9H13N2O/c1-8(7-12-2)11-9-4-3-5-10-6-9/h3,5-6,8,11H,7H2,1-2H3. The van der Waals surface area contributed by atoms with Crippen LogP contribution in [0.25, 0.3) is 0 Å². The predicted molar refractivity (Wildman–Crippen MR) is 48.0 cm³/mol. The first-order valence-electron chi connectivity index (χ1n) is 3.90. The molecule has 12 heavy (non-hydrogen) atoms. The van der Waals surface area contributed by atoms with E-state index in [2.05, 4.69) is 16.4 Å². The maximum Gasteiger partial charge on any atom is 0.0661 e. The number of nitrogens with one attached hydrogen (secondary N) is 1. The number of hydrogen-bond acceptors (Lipinski definition) is 3. The molecule has 0 aromatic carbocycles. The fraction of sp³-hybridized carbons (Fsp3) is 0.444. The summed E-state index contributed by atoms with van der Waals surface area (Å²) in [5.74, 6) is 0. The first kappa shape index (κ1) is 9.00. The minimum Gasteiger partial charge on any atom is -0.383 e. The molecule has 0 saturated carbocycles. The third-order valence-electron chi connectivity index (χ3n) is 1.42. The van der Waals surface area contributed by atoms with Gasteiger partial charge in [-0.3, -0.25) is 4.98 Å². The average molecular weight is 165 g/mol. The van der Waals surface area contributed by atoms with E-state index in [1.807, 2.05) is 6.92 Å². The second kappa shape index (κ2) is 4.72. The van der Waals surface area contributed by atoms with Gasteiger partial charge in [0.25, 0.3) is 0 Å². The number of aromatic nitrogens is 1. The van der Waals surface area contributed by atoms with Crippen molar-refractivity contribution in [2.75, 3.05) is 19.0 Å². The van der Waals surface area contributed by atoms with E-state index in [9.17, 15) is 0 Å². The second-order valence-electron chi connectivity index (χ2n) is 2.65. The van der Waals surface area contributed by atoms with E-state index in [0.717, 1.165) is 5.69 Å². The van der Waals surface area contributed by atoms with Crippen LogP contribution in [-0.4, -0.2) is 24.7 Å². The van der Waals surface area contributed by atoms with Gasteiger partial charge in [0.05, 0.1) is 18.5 Å². The number of anilines is 1. The van der Waals surface area contributed by atoms with Gasteiger partial charge in [-0.1, -0.05) is 0 Å². The summed E-state index contributed by atoms with van der Waals surface area (Å²) in [6.07, 6.45) is 3.44. The fourth-order valence-corrected chi connectivity index (χ4v) is 0.961. The van der Waals surface area contributed by atoms with Crippen molar-refractivity contribution in [2.45, 2.75) is 13.0 Å². The van der Waals surface area contributed by atoms with Crippen LogP contribution < -0.4 is 5.32 Å². The van der Waals surface area contributed by atoms with E-state index in [4.69, 9.17) is 4.74 Å². The van der Waals surface area contributed by atoms with Gasteiger partial charge in [-0.2, -0.15) is 0 Å². The molecule has 1 aromatic heterocycles.